The fraction of sp³-hybridized carbons (Fsp3) is 0.364. The van der Waals surface area contributed by atoms with Gasteiger partial charge in [0.25, 0.3) is 0 Å². The van der Waals surface area contributed by atoms with E-state index >= 15 is 0 Å². The van der Waals surface area contributed by atoms with Gasteiger partial charge in [-0.3, -0.25) is 0 Å². The first-order chi connectivity index (χ1) is 16.8. The largest absolute Gasteiger partial charge is 3.00 e. The third-order valence-corrected chi connectivity index (χ3v) is 3.41. The minimum absolute atomic E-state index is 0. The standard InChI is InChI=1S/C14H12O3.C2HF3O2.3C2H8N2.2Co/c15-13(16)14(17,11-7-3-1-4-8-11)12-9-5-2-6-10-12;3-2(4,5)1(6)7;3*3-1-2-4;;/h1-10,17H,(H,15,16);(H,6,7);3*1-4H2;;/q;;;;;2*+3/p-2. The SMILES string of the molecule is NCCN.NCCN.NCCN.O=C([O-])C(F)(F)F.O=C([O-])C(O)(c1ccccc1)c1ccccc1.[Co+3].[Co+3]. The summed E-state index contributed by atoms with van der Waals surface area (Å²) in [6.07, 6.45) is -5.19. The van der Waals surface area contributed by atoms with Gasteiger partial charge in [0.2, 0.25) is 0 Å². The number of rotatable bonds is 6. The van der Waals surface area contributed by atoms with Crippen LogP contribution >= 0.6 is 0 Å². The Labute approximate surface area is 240 Å². The number of halogens is 3. The predicted molar refractivity (Wildman–Crippen MR) is 126 cm³/mol. The number of carbonyl (C=O) groups excluding carboxylic acids is 2. The summed E-state index contributed by atoms with van der Waals surface area (Å²) >= 11 is 0. The number of alkyl halides is 3. The Balaban J connectivity index is -0.000000145. The van der Waals surface area contributed by atoms with Gasteiger partial charge in [0, 0.05) is 39.3 Å². The van der Waals surface area contributed by atoms with Crippen LogP contribution < -0.4 is 44.6 Å². The maximum atomic E-state index is 11.3. The van der Waals surface area contributed by atoms with Crippen molar-refractivity contribution in [2.24, 2.45) is 34.4 Å². The normalized spacial score (nSPS) is 9.42. The van der Waals surface area contributed by atoms with Crippen LogP contribution in [0.1, 0.15) is 11.1 Å². The van der Waals surface area contributed by atoms with Crippen LogP contribution in [-0.2, 0) is 48.7 Å². The molecule has 0 spiro atoms. The van der Waals surface area contributed by atoms with Crippen LogP contribution in [0, 0.1) is 0 Å². The van der Waals surface area contributed by atoms with Crippen LogP contribution in [0.25, 0.3) is 0 Å². The van der Waals surface area contributed by atoms with Crippen LogP contribution in [0.5, 0.6) is 0 Å². The minimum Gasteiger partial charge on any atom is -0.546 e. The first-order valence-electron chi connectivity index (χ1n) is 10.4. The van der Waals surface area contributed by atoms with Gasteiger partial charge in [-0.05, 0) is 11.1 Å². The second-order valence-corrected chi connectivity index (χ2v) is 6.25. The molecule has 16 heteroatoms. The topological polar surface area (TPSA) is 257 Å². The van der Waals surface area contributed by atoms with E-state index in [0.29, 0.717) is 39.3 Å². The van der Waals surface area contributed by atoms with Crippen molar-refractivity contribution in [2.75, 3.05) is 39.3 Å². The van der Waals surface area contributed by atoms with Crippen molar-refractivity contribution in [1.82, 2.24) is 0 Å². The summed E-state index contributed by atoms with van der Waals surface area (Å²) in [5, 5.41) is 30.4. The Morgan fingerprint density at radius 3 is 0.947 bits per heavy atom. The van der Waals surface area contributed by atoms with E-state index < -0.39 is 23.7 Å². The maximum Gasteiger partial charge on any atom is 3.00 e. The minimum atomic E-state index is -5.19. The molecular weight excluding hydrogens is 603 g/mol. The first-order valence-corrected chi connectivity index (χ1v) is 10.4. The summed E-state index contributed by atoms with van der Waals surface area (Å²) < 4.78 is 31.5. The molecule has 0 atom stereocenters. The van der Waals surface area contributed by atoms with Gasteiger partial charge in [0.1, 0.15) is 5.97 Å². The molecule has 0 amide bonds. The molecule has 0 aliphatic carbocycles. The fourth-order valence-electron chi connectivity index (χ4n) is 1.76. The fourth-order valence-corrected chi connectivity index (χ4v) is 1.76. The molecule has 2 aromatic carbocycles. The number of hydrogen-bond donors (Lipinski definition) is 7. The number of carboxylic acids is 2. The average molecular weight is 638 g/mol. The number of carboxylic acid groups (broad SMARTS) is 2. The van der Waals surface area contributed by atoms with E-state index in [1.165, 1.54) is 0 Å². The monoisotopic (exact) mass is 638 g/mol. The summed E-state index contributed by atoms with van der Waals surface area (Å²) in [4.78, 5) is 20.0. The second-order valence-electron chi connectivity index (χ2n) is 6.25. The van der Waals surface area contributed by atoms with E-state index in [0.717, 1.165) is 0 Å². The molecule has 218 valence electrons. The Morgan fingerprint density at radius 1 is 0.605 bits per heavy atom. The summed E-state index contributed by atoms with van der Waals surface area (Å²) in [6.45, 7) is 3.58. The van der Waals surface area contributed by atoms with E-state index in [1.54, 1.807) is 60.7 Å². The smallest absolute Gasteiger partial charge is 0.546 e. The van der Waals surface area contributed by atoms with Gasteiger partial charge in [-0.1, -0.05) is 60.7 Å². The third kappa shape index (κ3) is 21.9. The number of nitrogens with two attached hydrogens (primary N) is 6. The average Bonchev–Trinajstić information content (AvgIpc) is 2.89. The molecule has 2 rings (SSSR count). The van der Waals surface area contributed by atoms with Gasteiger partial charge < -0.3 is 59.3 Å². The van der Waals surface area contributed by atoms with Crippen molar-refractivity contribution in [3.63, 3.8) is 0 Å². The van der Waals surface area contributed by atoms with Crippen molar-refractivity contribution in [3.05, 3.63) is 71.8 Å². The maximum absolute atomic E-state index is 11.3. The summed E-state index contributed by atoms with van der Waals surface area (Å²) in [5.74, 6) is -4.54. The van der Waals surface area contributed by atoms with Crippen LogP contribution in [0.2, 0.25) is 0 Å². The number of carbonyl (C=O) groups is 2. The molecule has 0 saturated carbocycles. The van der Waals surface area contributed by atoms with Crippen molar-refractivity contribution < 1.29 is 71.6 Å². The summed E-state index contributed by atoms with van der Waals surface area (Å²) in [7, 11) is 0. The van der Waals surface area contributed by atoms with Crippen molar-refractivity contribution >= 4 is 11.9 Å². The number of aliphatic carboxylic acids is 2. The molecule has 0 fully saturated rings. The van der Waals surface area contributed by atoms with Gasteiger partial charge in [0.15, 0.2) is 5.60 Å². The van der Waals surface area contributed by atoms with E-state index in [4.69, 9.17) is 44.3 Å². The quantitative estimate of drug-likeness (QED) is 0.165. The Hall–Kier alpha value is -2.10. The molecule has 38 heavy (non-hydrogen) atoms. The molecule has 0 radical (unpaired) electrons. The molecule has 0 aromatic heterocycles. The zero-order chi connectivity index (χ0) is 28.6. The first kappa shape index (κ1) is 45.8. The number of aliphatic hydroxyl groups is 1. The predicted octanol–water partition coefficient (Wildman–Crippen LogP) is -3.32. The van der Waals surface area contributed by atoms with Gasteiger partial charge in [-0.2, -0.15) is 13.2 Å². The van der Waals surface area contributed by atoms with Crippen LogP contribution in [0.3, 0.4) is 0 Å². The number of benzene rings is 2. The molecule has 0 bridgehead atoms. The van der Waals surface area contributed by atoms with Crippen LogP contribution in [0.4, 0.5) is 13.2 Å². The Morgan fingerprint density at radius 2 is 0.816 bits per heavy atom. The van der Waals surface area contributed by atoms with E-state index in [9.17, 15) is 28.2 Å². The summed E-state index contributed by atoms with van der Waals surface area (Å²) in [5.41, 5.74) is 27.9. The summed E-state index contributed by atoms with van der Waals surface area (Å²) in [6, 6.07) is 16.4. The van der Waals surface area contributed by atoms with Crippen LogP contribution in [0.15, 0.2) is 60.7 Å². The van der Waals surface area contributed by atoms with E-state index in [2.05, 4.69) is 0 Å². The molecule has 2 aromatic rings. The number of hydrogen-bond acceptors (Lipinski definition) is 11. The Bertz CT molecular complexity index is 756. The molecule has 0 aliphatic rings. The molecule has 0 aliphatic heterocycles. The van der Waals surface area contributed by atoms with Crippen LogP contribution in [-0.4, -0.2) is 62.5 Å². The molecule has 0 heterocycles. The molecular formula is C22H35Co2F3N6O5+4. The van der Waals surface area contributed by atoms with Crippen molar-refractivity contribution in [2.45, 2.75) is 11.8 Å². The van der Waals surface area contributed by atoms with Gasteiger partial charge in [0.05, 0.1) is 5.97 Å². The Kier molecular flexibility index (Phi) is 33.7. The third-order valence-electron chi connectivity index (χ3n) is 3.41. The molecule has 0 saturated heterocycles. The zero-order valence-corrected chi connectivity index (χ0v) is 22.4. The van der Waals surface area contributed by atoms with Crippen molar-refractivity contribution in [1.29, 1.82) is 0 Å². The van der Waals surface area contributed by atoms with Gasteiger partial charge in [-0.15, -0.1) is 0 Å². The van der Waals surface area contributed by atoms with Gasteiger partial charge in [-0.25, -0.2) is 0 Å². The van der Waals surface area contributed by atoms with E-state index in [-0.39, 0.29) is 44.7 Å². The van der Waals surface area contributed by atoms with E-state index in [1.807, 2.05) is 0 Å². The molecule has 13 N–H and O–H groups in total. The molecule has 0 unspecified atom stereocenters. The second kappa shape index (κ2) is 27.9. The van der Waals surface area contributed by atoms with Gasteiger partial charge >= 0.3 is 39.7 Å². The zero-order valence-electron chi connectivity index (χ0n) is 20.4. The van der Waals surface area contributed by atoms with Crippen molar-refractivity contribution in [3.8, 4) is 0 Å². The molecule has 11 nitrogen and oxygen atoms in total.